The number of carbonyl (C=O) groups is 2. The Hall–Kier alpha value is -2.08. The number of hydrogen-bond acceptors (Lipinski definition) is 4. The third kappa shape index (κ3) is 5.90. The van der Waals surface area contributed by atoms with E-state index in [-0.39, 0.29) is 24.3 Å². The van der Waals surface area contributed by atoms with E-state index in [1.54, 1.807) is 7.11 Å². The minimum Gasteiger partial charge on any atom is -0.497 e. The van der Waals surface area contributed by atoms with Gasteiger partial charge in [0.2, 0.25) is 11.8 Å². The van der Waals surface area contributed by atoms with Gasteiger partial charge in [-0.2, -0.15) is 0 Å². The summed E-state index contributed by atoms with van der Waals surface area (Å²) in [7, 11) is 1.63. The van der Waals surface area contributed by atoms with Crippen LogP contribution in [-0.4, -0.2) is 45.2 Å². The molecule has 0 bridgehead atoms. The predicted molar refractivity (Wildman–Crippen MR) is 86.3 cm³/mol. The first-order chi connectivity index (χ1) is 11.2. The SMILES string of the molecule is COc1ccc(CCNC(=O)CNC(=O)C2CCOCC2)cc1. The van der Waals surface area contributed by atoms with Gasteiger partial charge < -0.3 is 20.1 Å². The molecule has 1 heterocycles. The molecule has 0 radical (unpaired) electrons. The second kappa shape index (κ2) is 9.15. The van der Waals surface area contributed by atoms with Crippen molar-refractivity contribution in [2.24, 2.45) is 5.92 Å². The molecule has 1 fully saturated rings. The molecule has 1 aliphatic heterocycles. The van der Waals surface area contributed by atoms with Crippen LogP contribution in [0, 0.1) is 5.92 Å². The van der Waals surface area contributed by atoms with Crippen LogP contribution < -0.4 is 15.4 Å². The molecule has 1 aromatic rings. The number of amides is 2. The van der Waals surface area contributed by atoms with Gasteiger partial charge in [0, 0.05) is 25.7 Å². The second-order valence-electron chi connectivity index (χ2n) is 5.55. The fraction of sp³-hybridized carbons (Fsp3) is 0.529. The van der Waals surface area contributed by atoms with E-state index in [4.69, 9.17) is 9.47 Å². The van der Waals surface area contributed by atoms with Crippen molar-refractivity contribution in [2.75, 3.05) is 33.4 Å². The fourth-order valence-corrected chi connectivity index (χ4v) is 2.47. The molecule has 1 aromatic carbocycles. The molecule has 126 valence electrons. The Balaban J connectivity index is 1.61. The number of ether oxygens (including phenoxy) is 2. The maximum absolute atomic E-state index is 11.9. The first-order valence-electron chi connectivity index (χ1n) is 7.94. The second-order valence-corrected chi connectivity index (χ2v) is 5.55. The summed E-state index contributed by atoms with van der Waals surface area (Å²) >= 11 is 0. The Bertz CT molecular complexity index is 510. The lowest BCUT2D eigenvalue weighted by Gasteiger charge is -2.21. The van der Waals surface area contributed by atoms with E-state index in [1.807, 2.05) is 24.3 Å². The summed E-state index contributed by atoms with van der Waals surface area (Å²) in [4.78, 5) is 23.7. The van der Waals surface area contributed by atoms with E-state index < -0.39 is 0 Å². The Labute approximate surface area is 136 Å². The Kier molecular flexibility index (Phi) is 6.87. The quantitative estimate of drug-likeness (QED) is 0.782. The molecule has 6 nitrogen and oxygen atoms in total. The van der Waals surface area contributed by atoms with Gasteiger partial charge in [0.05, 0.1) is 13.7 Å². The lowest BCUT2D eigenvalue weighted by atomic mass is 9.99. The summed E-state index contributed by atoms with van der Waals surface area (Å²) in [5.74, 6) is 0.557. The van der Waals surface area contributed by atoms with E-state index in [9.17, 15) is 9.59 Å². The molecular formula is C17H24N2O4. The molecule has 0 spiro atoms. The third-order valence-corrected chi connectivity index (χ3v) is 3.91. The average Bonchev–Trinajstić information content (AvgIpc) is 2.61. The van der Waals surface area contributed by atoms with Crippen LogP contribution in [-0.2, 0) is 20.7 Å². The van der Waals surface area contributed by atoms with Gasteiger partial charge in [0.15, 0.2) is 0 Å². The van der Waals surface area contributed by atoms with Crippen LogP contribution >= 0.6 is 0 Å². The summed E-state index contributed by atoms with van der Waals surface area (Å²) in [6.07, 6.45) is 2.19. The van der Waals surface area contributed by atoms with Gasteiger partial charge in [-0.25, -0.2) is 0 Å². The van der Waals surface area contributed by atoms with Crippen molar-refractivity contribution in [3.8, 4) is 5.75 Å². The van der Waals surface area contributed by atoms with Crippen LogP contribution in [0.5, 0.6) is 5.75 Å². The normalized spacial score (nSPS) is 15.0. The maximum atomic E-state index is 11.9. The van der Waals surface area contributed by atoms with Gasteiger partial charge in [-0.15, -0.1) is 0 Å². The van der Waals surface area contributed by atoms with Crippen molar-refractivity contribution < 1.29 is 19.1 Å². The van der Waals surface area contributed by atoms with E-state index in [0.717, 1.165) is 30.6 Å². The molecule has 2 N–H and O–H groups in total. The highest BCUT2D eigenvalue weighted by atomic mass is 16.5. The molecule has 0 atom stereocenters. The minimum absolute atomic E-state index is 0.0266. The summed E-state index contributed by atoms with van der Waals surface area (Å²) in [6, 6.07) is 7.73. The standard InChI is InChI=1S/C17H24N2O4/c1-22-15-4-2-13(3-5-15)6-9-18-16(20)12-19-17(21)14-7-10-23-11-8-14/h2-5,14H,6-12H2,1H3,(H,18,20)(H,19,21). The predicted octanol–water partition coefficient (Wildman–Crippen LogP) is 0.897. The Morgan fingerprint density at radius 1 is 1.17 bits per heavy atom. The minimum atomic E-state index is -0.168. The van der Waals surface area contributed by atoms with Gasteiger partial charge in [0.25, 0.3) is 0 Å². The molecule has 0 unspecified atom stereocenters. The maximum Gasteiger partial charge on any atom is 0.239 e. The first-order valence-corrected chi connectivity index (χ1v) is 7.94. The zero-order valence-corrected chi connectivity index (χ0v) is 13.5. The average molecular weight is 320 g/mol. The summed E-state index contributed by atoms with van der Waals surface area (Å²) in [6.45, 7) is 1.80. The van der Waals surface area contributed by atoms with Gasteiger partial charge in [0.1, 0.15) is 5.75 Å². The highest BCUT2D eigenvalue weighted by molar-refractivity contribution is 5.85. The number of nitrogens with one attached hydrogen (secondary N) is 2. The van der Waals surface area contributed by atoms with Crippen molar-refractivity contribution in [1.29, 1.82) is 0 Å². The zero-order valence-electron chi connectivity index (χ0n) is 13.5. The van der Waals surface area contributed by atoms with Crippen LogP contribution in [0.2, 0.25) is 0 Å². The monoisotopic (exact) mass is 320 g/mol. The fourth-order valence-electron chi connectivity index (χ4n) is 2.47. The van der Waals surface area contributed by atoms with Crippen LogP contribution in [0.3, 0.4) is 0 Å². The molecule has 2 amide bonds. The van der Waals surface area contributed by atoms with E-state index in [1.165, 1.54) is 0 Å². The summed E-state index contributed by atoms with van der Waals surface area (Å²) in [5, 5.41) is 5.50. The highest BCUT2D eigenvalue weighted by Gasteiger charge is 2.21. The van der Waals surface area contributed by atoms with Gasteiger partial charge in [-0.3, -0.25) is 9.59 Å². The molecule has 6 heteroatoms. The van der Waals surface area contributed by atoms with Crippen LogP contribution in [0.25, 0.3) is 0 Å². The molecule has 2 rings (SSSR count). The topological polar surface area (TPSA) is 76.7 Å². The number of carbonyl (C=O) groups excluding carboxylic acids is 2. The molecule has 0 aromatic heterocycles. The Morgan fingerprint density at radius 3 is 2.52 bits per heavy atom. The van der Waals surface area contributed by atoms with Crippen molar-refractivity contribution in [1.82, 2.24) is 10.6 Å². The van der Waals surface area contributed by atoms with Gasteiger partial charge >= 0.3 is 0 Å². The van der Waals surface area contributed by atoms with Crippen molar-refractivity contribution >= 4 is 11.8 Å². The largest absolute Gasteiger partial charge is 0.497 e. The first kappa shape index (κ1) is 17.3. The van der Waals surface area contributed by atoms with Crippen LogP contribution in [0.1, 0.15) is 18.4 Å². The zero-order chi connectivity index (χ0) is 16.5. The number of benzene rings is 1. The van der Waals surface area contributed by atoms with Gasteiger partial charge in [-0.1, -0.05) is 12.1 Å². The molecule has 0 aliphatic carbocycles. The lowest BCUT2D eigenvalue weighted by molar-refractivity contribution is -0.130. The summed E-state index contributed by atoms with van der Waals surface area (Å²) < 4.78 is 10.3. The van der Waals surface area contributed by atoms with Crippen molar-refractivity contribution in [3.05, 3.63) is 29.8 Å². The van der Waals surface area contributed by atoms with Gasteiger partial charge in [-0.05, 0) is 37.0 Å². The number of methoxy groups -OCH3 is 1. The molecule has 23 heavy (non-hydrogen) atoms. The molecule has 0 saturated carbocycles. The highest BCUT2D eigenvalue weighted by Crippen LogP contribution is 2.14. The number of rotatable bonds is 7. The third-order valence-electron chi connectivity index (χ3n) is 3.91. The van der Waals surface area contributed by atoms with Crippen molar-refractivity contribution in [3.63, 3.8) is 0 Å². The van der Waals surface area contributed by atoms with Crippen LogP contribution in [0.15, 0.2) is 24.3 Å². The van der Waals surface area contributed by atoms with E-state index >= 15 is 0 Å². The van der Waals surface area contributed by atoms with Crippen molar-refractivity contribution in [2.45, 2.75) is 19.3 Å². The Morgan fingerprint density at radius 2 is 1.87 bits per heavy atom. The van der Waals surface area contributed by atoms with E-state index in [2.05, 4.69) is 10.6 Å². The van der Waals surface area contributed by atoms with E-state index in [0.29, 0.717) is 19.8 Å². The smallest absolute Gasteiger partial charge is 0.239 e. The number of hydrogen-bond donors (Lipinski definition) is 2. The molecular weight excluding hydrogens is 296 g/mol. The lowest BCUT2D eigenvalue weighted by Crippen LogP contribution is -2.41. The van der Waals surface area contributed by atoms with Crippen LogP contribution in [0.4, 0.5) is 0 Å². The summed E-state index contributed by atoms with van der Waals surface area (Å²) in [5.41, 5.74) is 1.12. The molecule has 1 saturated heterocycles. The molecule has 1 aliphatic rings.